The van der Waals surface area contributed by atoms with E-state index in [4.69, 9.17) is 40.1 Å². The van der Waals surface area contributed by atoms with Crippen LogP contribution in [0.5, 0.6) is 0 Å². The number of aliphatic imine (C=N–C) groups is 3. The minimum atomic E-state index is -1.31. The van der Waals surface area contributed by atoms with E-state index in [1.807, 2.05) is 0 Å². The summed E-state index contributed by atoms with van der Waals surface area (Å²) in [7, 11) is 0. The molecule has 0 aliphatic carbocycles. The number of hydrogen-bond donors (Lipinski definition) is 13. The average molecular weight is 809 g/mol. The lowest BCUT2D eigenvalue weighted by molar-refractivity contribution is -0.144. The number of hydrogen-bond acceptors (Lipinski definition) is 11. The molecule has 5 amide bonds. The Labute approximate surface area is 332 Å². The van der Waals surface area contributed by atoms with E-state index in [1.165, 1.54) is 4.90 Å². The number of nitrogens with zero attached hydrogens (tertiary/aromatic N) is 4. The highest BCUT2D eigenvalue weighted by Crippen LogP contribution is 2.21. The normalized spacial score (nSPS) is 18.2. The second-order valence-electron chi connectivity index (χ2n) is 14.1. The summed E-state index contributed by atoms with van der Waals surface area (Å²) in [5.41, 5.74) is 38.2. The number of carbonyl (C=O) groups is 6. The first-order valence-electron chi connectivity index (χ1n) is 19.5. The number of aliphatic carboxylic acids is 1. The zero-order valence-electron chi connectivity index (χ0n) is 32.6. The predicted octanol–water partition coefficient (Wildman–Crippen LogP) is -4.96. The lowest BCUT2D eigenvalue weighted by Gasteiger charge is -2.31. The molecule has 23 nitrogen and oxygen atoms in total. The van der Waals surface area contributed by atoms with Crippen molar-refractivity contribution in [3.63, 3.8) is 0 Å². The molecular formula is C34H64N16O7. The van der Waals surface area contributed by atoms with Crippen LogP contribution in [-0.4, -0.2) is 139 Å². The first-order valence-corrected chi connectivity index (χ1v) is 19.5. The van der Waals surface area contributed by atoms with Crippen molar-refractivity contribution in [3.05, 3.63) is 0 Å². The molecule has 0 bridgehead atoms. The Morgan fingerprint density at radius 3 is 1.61 bits per heavy atom. The van der Waals surface area contributed by atoms with Gasteiger partial charge < -0.3 is 76.7 Å². The van der Waals surface area contributed by atoms with Gasteiger partial charge >= 0.3 is 5.97 Å². The van der Waals surface area contributed by atoms with Crippen LogP contribution in [0.2, 0.25) is 0 Å². The molecule has 2 fully saturated rings. The number of nitrogens with one attached hydrogen (secondary N) is 5. The van der Waals surface area contributed by atoms with Gasteiger partial charge in [-0.15, -0.1) is 0 Å². The Balaban J connectivity index is 2.29. The molecule has 0 aromatic rings. The number of amides is 5. The number of carboxylic acids is 1. The topological polar surface area (TPSA) is 405 Å². The highest BCUT2D eigenvalue weighted by molar-refractivity contribution is 5.96. The minimum absolute atomic E-state index is 0.00272. The Kier molecular flexibility index (Phi) is 21.5. The first-order chi connectivity index (χ1) is 27.1. The van der Waals surface area contributed by atoms with Crippen LogP contribution in [-0.2, 0) is 28.8 Å². The van der Waals surface area contributed by atoms with Crippen molar-refractivity contribution in [2.75, 3.05) is 39.3 Å². The molecule has 20 N–H and O–H groups in total. The predicted molar refractivity (Wildman–Crippen MR) is 214 cm³/mol. The number of carbonyl (C=O) groups excluding carboxylic acids is 5. The number of carboxylic acid groups (broad SMARTS) is 1. The summed E-state index contributed by atoms with van der Waals surface area (Å²) in [4.78, 5) is 93.5. The van der Waals surface area contributed by atoms with Crippen molar-refractivity contribution in [1.82, 2.24) is 31.5 Å². The van der Waals surface area contributed by atoms with E-state index in [9.17, 15) is 33.9 Å². The molecule has 2 rings (SSSR count). The van der Waals surface area contributed by atoms with E-state index in [1.54, 1.807) is 0 Å². The van der Waals surface area contributed by atoms with Gasteiger partial charge in [0, 0.05) is 26.2 Å². The Hall–Kier alpha value is -5.45. The van der Waals surface area contributed by atoms with Crippen LogP contribution >= 0.6 is 0 Å². The van der Waals surface area contributed by atoms with E-state index >= 15 is 0 Å². The van der Waals surface area contributed by atoms with Crippen molar-refractivity contribution >= 4 is 53.4 Å². The van der Waals surface area contributed by atoms with E-state index in [0.717, 1.165) is 6.42 Å². The molecule has 2 saturated heterocycles. The van der Waals surface area contributed by atoms with Gasteiger partial charge in [-0.25, -0.2) is 4.79 Å². The maximum absolute atomic E-state index is 14.2. The highest BCUT2D eigenvalue weighted by atomic mass is 16.4. The quantitative estimate of drug-likeness (QED) is 0.0221. The van der Waals surface area contributed by atoms with Crippen LogP contribution in [0.1, 0.15) is 83.5 Å². The monoisotopic (exact) mass is 809 g/mol. The van der Waals surface area contributed by atoms with Gasteiger partial charge in [-0.05, 0) is 96.6 Å². The molecule has 6 atom stereocenters. The fraction of sp³-hybridized carbons (Fsp3) is 0.735. The van der Waals surface area contributed by atoms with Gasteiger partial charge in [0.05, 0.1) is 6.04 Å². The number of rotatable bonds is 26. The smallest absolute Gasteiger partial charge is 0.326 e. The second kappa shape index (κ2) is 25.7. The van der Waals surface area contributed by atoms with Gasteiger partial charge in [-0.1, -0.05) is 0 Å². The second-order valence-corrected chi connectivity index (χ2v) is 14.1. The third kappa shape index (κ3) is 17.9. The summed E-state index contributed by atoms with van der Waals surface area (Å²) in [6.45, 7) is 1.70. The molecule has 322 valence electrons. The Bertz CT molecular complexity index is 1430. The number of likely N-dealkylation sites (tertiary alicyclic amines) is 1. The Morgan fingerprint density at radius 1 is 0.632 bits per heavy atom. The summed E-state index contributed by atoms with van der Waals surface area (Å²) < 4.78 is 0. The van der Waals surface area contributed by atoms with Crippen LogP contribution in [0.4, 0.5) is 0 Å². The first kappa shape index (κ1) is 47.7. The van der Waals surface area contributed by atoms with Crippen LogP contribution in [0.3, 0.4) is 0 Å². The molecule has 2 aliphatic rings. The summed E-state index contributed by atoms with van der Waals surface area (Å²) in [6, 6.07) is -6.05. The molecule has 2 aliphatic heterocycles. The maximum Gasteiger partial charge on any atom is 0.326 e. The molecule has 0 radical (unpaired) electrons. The summed E-state index contributed by atoms with van der Waals surface area (Å²) >= 11 is 0. The fourth-order valence-electron chi connectivity index (χ4n) is 6.55. The number of unbranched alkanes of at least 4 members (excludes halogenated alkanes) is 1. The lowest BCUT2D eigenvalue weighted by atomic mass is 10.0. The van der Waals surface area contributed by atoms with Crippen molar-refractivity contribution in [2.45, 2.75) is 120 Å². The zero-order chi connectivity index (χ0) is 42.3. The van der Waals surface area contributed by atoms with E-state index in [-0.39, 0.29) is 94.9 Å². The van der Waals surface area contributed by atoms with Crippen molar-refractivity contribution in [2.24, 2.45) is 55.1 Å². The summed E-state index contributed by atoms with van der Waals surface area (Å²) in [5.74, 6) is -4.60. The third-order valence-electron chi connectivity index (χ3n) is 9.49. The SMILES string of the molecule is NCCCC[C@H](NC(=O)[C@@H]1CCCN1)C(=O)N[C@@H](CCCN=C(N)N)C(=O)N1CCC[C@H]1C(=O)N[C@@H](CCCN=C(N)N)C(=O)N[C@@H](CCCN=C(N)N)C(=O)O. The fourth-order valence-corrected chi connectivity index (χ4v) is 6.55. The largest absolute Gasteiger partial charge is 0.480 e. The number of guanidine groups is 3. The van der Waals surface area contributed by atoms with Gasteiger partial charge in [0.1, 0.15) is 30.2 Å². The summed E-state index contributed by atoms with van der Waals surface area (Å²) in [6.07, 6.45) is 4.55. The number of nitrogens with two attached hydrogens (primary N) is 7. The molecule has 0 saturated carbocycles. The minimum Gasteiger partial charge on any atom is -0.480 e. The lowest BCUT2D eigenvalue weighted by Crippen LogP contribution is -2.59. The highest BCUT2D eigenvalue weighted by Gasteiger charge is 2.40. The van der Waals surface area contributed by atoms with Crippen molar-refractivity contribution < 1.29 is 33.9 Å². The molecular weight excluding hydrogens is 744 g/mol. The van der Waals surface area contributed by atoms with E-state index < -0.39 is 65.8 Å². The van der Waals surface area contributed by atoms with Crippen LogP contribution < -0.4 is 66.7 Å². The summed E-state index contributed by atoms with van der Waals surface area (Å²) in [5, 5.41) is 23.7. The van der Waals surface area contributed by atoms with Crippen LogP contribution in [0, 0.1) is 0 Å². The molecule has 0 aromatic heterocycles. The van der Waals surface area contributed by atoms with Gasteiger partial charge in [-0.2, -0.15) is 0 Å². The van der Waals surface area contributed by atoms with E-state index in [2.05, 4.69) is 41.6 Å². The molecule has 23 heteroatoms. The van der Waals surface area contributed by atoms with Crippen LogP contribution in [0.25, 0.3) is 0 Å². The molecule has 0 unspecified atom stereocenters. The standard InChI is InChI=1S/C34H64N16O7/c35-14-2-1-8-21(46-26(51)20-9-3-15-42-20)27(52)48-23(11-5-17-44-33(38)39)30(55)50-19-7-13-25(50)29(54)47-22(10-4-16-43-32(36)37)28(53)49-24(31(56)57)12-6-18-45-34(40)41/h20-25,42H,1-19,35H2,(H,46,51)(H,47,54)(H,48,52)(H,49,53)(H,56,57)(H4,36,37,43)(H4,38,39,44)(H4,40,41,45)/t20-,21-,22-,23-,24-,25-/m0/s1. The van der Waals surface area contributed by atoms with Gasteiger partial charge in [0.2, 0.25) is 29.5 Å². The third-order valence-corrected chi connectivity index (χ3v) is 9.49. The van der Waals surface area contributed by atoms with Crippen molar-refractivity contribution in [3.8, 4) is 0 Å². The zero-order valence-corrected chi connectivity index (χ0v) is 32.6. The van der Waals surface area contributed by atoms with Gasteiger partial charge in [0.25, 0.3) is 0 Å². The van der Waals surface area contributed by atoms with Crippen LogP contribution in [0.15, 0.2) is 15.0 Å². The average Bonchev–Trinajstić information content (AvgIpc) is 3.88. The van der Waals surface area contributed by atoms with E-state index in [0.29, 0.717) is 45.2 Å². The maximum atomic E-state index is 14.2. The molecule has 0 aromatic carbocycles. The molecule has 2 heterocycles. The molecule has 0 spiro atoms. The van der Waals surface area contributed by atoms with Gasteiger partial charge in [-0.3, -0.25) is 38.9 Å². The van der Waals surface area contributed by atoms with Gasteiger partial charge in [0.15, 0.2) is 17.9 Å². The molecule has 57 heavy (non-hydrogen) atoms. The Morgan fingerprint density at radius 2 is 1.12 bits per heavy atom. The van der Waals surface area contributed by atoms with Crippen molar-refractivity contribution in [1.29, 1.82) is 0 Å².